The molecule has 3 rings (SSSR count). The first-order chi connectivity index (χ1) is 12.6. The molecule has 1 amide bonds. The third-order valence-electron chi connectivity index (χ3n) is 3.61. The van der Waals surface area contributed by atoms with Gasteiger partial charge in [-0.25, -0.2) is 9.50 Å². The SMILES string of the molecule is Cc1cc(C)n2nc(SCC(=O)NCCSCc3ccccc3)nc2n1. The molecule has 1 N–H and O–H groups in total. The van der Waals surface area contributed by atoms with E-state index >= 15 is 0 Å². The first-order valence-electron chi connectivity index (χ1n) is 8.34. The number of nitrogens with zero attached hydrogens (tertiary/aromatic N) is 4. The summed E-state index contributed by atoms with van der Waals surface area (Å²) in [7, 11) is 0. The molecule has 26 heavy (non-hydrogen) atoms. The summed E-state index contributed by atoms with van der Waals surface area (Å²) in [6.45, 7) is 4.55. The lowest BCUT2D eigenvalue weighted by Gasteiger charge is -2.04. The number of nitrogens with one attached hydrogen (secondary N) is 1. The van der Waals surface area contributed by atoms with Gasteiger partial charge in [0.2, 0.25) is 11.1 Å². The maximum Gasteiger partial charge on any atom is 0.253 e. The van der Waals surface area contributed by atoms with Crippen molar-refractivity contribution in [2.75, 3.05) is 18.1 Å². The zero-order valence-corrected chi connectivity index (χ0v) is 16.4. The monoisotopic (exact) mass is 387 g/mol. The largest absolute Gasteiger partial charge is 0.355 e. The highest BCUT2D eigenvalue weighted by Crippen LogP contribution is 2.15. The first-order valence-corrected chi connectivity index (χ1v) is 10.5. The van der Waals surface area contributed by atoms with Crippen LogP contribution in [0, 0.1) is 13.8 Å². The second-order valence-electron chi connectivity index (χ2n) is 5.82. The van der Waals surface area contributed by atoms with Gasteiger partial charge >= 0.3 is 0 Å². The molecule has 3 aromatic rings. The van der Waals surface area contributed by atoms with Crippen LogP contribution in [-0.2, 0) is 10.5 Å². The fraction of sp³-hybridized carbons (Fsp3) is 0.333. The third-order valence-corrected chi connectivity index (χ3v) is 5.48. The highest BCUT2D eigenvalue weighted by atomic mass is 32.2. The second-order valence-corrected chi connectivity index (χ2v) is 7.87. The summed E-state index contributed by atoms with van der Waals surface area (Å²) < 4.78 is 1.70. The molecule has 0 radical (unpaired) electrons. The van der Waals surface area contributed by atoms with Crippen molar-refractivity contribution in [2.24, 2.45) is 0 Å². The molecule has 6 nitrogen and oxygen atoms in total. The van der Waals surface area contributed by atoms with Gasteiger partial charge in [0.15, 0.2) is 0 Å². The minimum Gasteiger partial charge on any atom is -0.355 e. The van der Waals surface area contributed by atoms with Crippen LogP contribution in [0.4, 0.5) is 0 Å². The van der Waals surface area contributed by atoms with Crippen LogP contribution >= 0.6 is 23.5 Å². The van der Waals surface area contributed by atoms with Crippen LogP contribution in [0.3, 0.4) is 0 Å². The van der Waals surface area contributed by atoms with Crippen LogP contribution in [0.5, 0.6) is 0 Å². The van der Waals surface area contributed by atoms with Crippen LogP contribution in [0.1, 0.15) is 17.0 Å². The number of fused-ring (bicyclic) bond motifs is 1. The van der Waals surface area contributed by atoms with E-state index in [4.69, 9.17) is 0 Å². The normalized spacial score (nSPS) is 11.0. The standard InChI is InChI=1S/C18H21N5OS2/c1-13-10-14(2)23-17(20-13)21-18(22-23)26-12-16(24)19-8-9-25-11-15-6-4-3-5-7-15/h3-7,10H,8-9,11-12H2,1-2H3,(H,19,24). The molecule has 1 aromatic carbocycles. The van der Waals surface area contributed by atoms with E-state index in [0.717, 1.165) is 22.9 Å². The van der Waals surface area contributed by atoms with E-state index in [1.165, 1.54) is 17.3 Å². The van der Waals surface area contributed by atoms with Gasteiger partial charge in [-0.05, 0) is 25.5 Å². The number of hydrogen-bond donors (Lipinski definition) is 1. The highest BCUT2D eigenvalue weighted by molar-refractivity contribution is 7.99. The Kier molecular flexibility index (Phi) is 6.51. The predicted molar refractivity (Wildman–Crippen MR) is 107 cm³/mol. The van der Waals surface area contributed by atoms with E-state index in [1.54, 1.807) is 4.52 Å². The molecular weight excluding hydrogens is 366 g/mol. The van der Waals surface area contributed by atoms with Crippen molar-refractivity contribution in [3.63, 3.8) is 0 Å². The molecule has 0 atom stereocenters. The average molecular weight is 388 g/mol. The average Bonchev–Trinajstić information content (AvgIpc) is 3.04. The first kappa shape index (κ1) is 18.7. The van der Waals surface area contributed by atoms with Crippen molar-refractivity contribution in [3.8, 4) is 0 Å². The van der Waals surface area contributed by atoms with Gasteiger partial charge in [-0.3, -0.25) is 4.79 Å². The minimum absolute atomic E-state index is 0.00460. The van der Waals surface area contributed by atoms with Gasteiger partial charge in [-0.2, -0.15) is 16.7 Å². The summed E-state index contributed by atoms with van der Waals surface area (Å²) in [5.74, 6) is 2.72. The number of carbonyl (C=O) groups excluding carboxylic acids is 1. The molecule has 0 saturated heterocycles. The lowest BCUT2D eigenvalue weighted by atomic mass is 10.2. The number of thioether (sulfide) groups is 2. The van der Waals surface area contributed by atoms with Crippen LogP contribution in [0.25, 0.3) is 5.78 Å². The molecule has 0 aliphatic heterocycles. The van der Waals surface area contributed by atoms with Crippen LogP contribution in [0.2, 0.25) is 0 Å². The number of aromatic nitrogens is 4. The molecule has 0 saturated carbocycles. The van der Waals surface area contributed by atoms with Crippen LogP contribution < -0.4 is 5.32 Å². The van der Waals surface area contributed by atoms with Gasteiger partial charge in [-0.1, -0.05) is 42.1 Å². The number of carbonyl (C=O) groups is 1. The second kappa shape index (κ2) is 9.05. The topological polar surface area (TPSA) is 72.2 Å². The van der Waals surface area contributed by atoms with E-state index in [0.29, 0.717) is 23.2 Å². The molecule has 0 fully saturated rings. The Bertz CT molecular complexity index is 882. The third kappa shape index (κ3) is 5.22. The molecule has 8 heteroatoms. The number of benzene rings is 1. The Labute approximate surface area is 161 Å². The van der Waals surface area contributed by atoms with Crippen molar-refractivity contribution >= 4 is 35.2 Å². The maximum absolute atomic E-state index is 12.0. The van der Waals surface area contributed by atoms with Crippen LogP contribution in [0.15, 0.2) is 41.6 Å². The van der Waals surface area contributed by atoms with Crippen molar-refractivity contribution in [2.45, 2.75) is 24.8 Å². The van der Waals surface area contributed by atoms with E-state index in [2.05, 4.69) is 32.5 Å². The molecule has 0 aliphatic rings. The molecule has 0 spiro atoms. The van der Waals surface area contributed by atoms with Crippen molar-refractivity contribution in [1.29, 1.82) is 0 Å². The van der Waals surface area contributed by atoms with Gasteiger partial charge < -0.3 is 5.32 Å². The summed E-state index contributed by atoms with van der Waals surface area (Å²) in [6, 6.07) is 12.3. The summed E-state index contributed by atoms with van der Waals surface area (Å²) >= 11 is 3.14. The summed E-state index contributed by atoms with van der Waals surface area (Å²) in [5.41, 5.74) is 3.19. The minimum atomic E-state index is -0.00460. The van der Waals surface area contributed by atoms with E-state index in [1.807, 2.05) is 49.9 Å². The smallest absolute Gasteiger partial charge is 0.253 e. The fourth-order valence-electron chi connectivity index (χ4n) is 2.42. The number of hydrogen-bond acceptors (Lipinski definition) is 6. The maximum atomic E-state index is 12.0. The molecular formula is C18H21N5OS2. The van der Waals surface area contributed by atoms with Gasteiger partial charge in [0, 0.05) is 29.4 Å². The van der Waals surface area contributed by atoms with Crippen molar-refractivity contribution in [1.82, 2.24) is 24.9 Å². The van der Waals surface area contributed by atoms with Gasteiger partial charge in [-0.15, -0.1) is 5.10 Å². The molecule has 2 aromatic heterocycles. The van der Waals surface area contributed by atoms with Crippen molar-refractivity contribution in [3.05, 3.63) is 53.3 Å². The number of rotatable bonds is 8. The zero-order chi connectivity index (χ0) is 18.4. The molecule has 2 heterocycles. The lowest BCUT2D eigenvalue weighted by Crippen LogP contribution is -2.27. The van der Waals surface area contributed by atoms with Crippen molar-refractivity contribution < 1.29 is 4.79 Å². The summed E-state index contributed by atoms with van der Waals surface area (Å²) in [4.78, 5) is 20.7. The van der Waals surface area contributed by atoms with E-state index < -0.39 is 0 Å². The quantitative estimate of drug-likeness (QED) is 0.473. The number of aryl methyl sites for hydroxylation is 2. The molecule has 0 unspecified atom stereocenters. The summed E-state index contributed by atoms with van der Waals surface area (Å²) in [6.07, 6.45) is 0. The van der Waals surface area contributed by atoms with Gasteiger partial charge in [0.25, 0.3) is 5.78 Å². The fourth-order valence-corrected chi connectivity index (χ4v) is 3.88. The van der Waals surface area contributed by atoms with Gasteiger partial charge in [0.05, 0.1) is 5.75 Å². The Morgan fingerprint density at radius 1 is 1.19 bits per heavy atom. The predicted octanol–water partition coefficient (Wildman–Crippen LogP) is 2.88. The molecule has 136 valence electrons. The van der Waals surface area contributed by atoms with Crippen LogP contribution in [-0.4, -0.2) is 43.5 Å². The van der Waals surface area contributed by atoms with E-state index in [-0.39, 0.29) is 5.91 Å². The van der Waals surface area contributed by atoms with Gasteiger partial charge in [0.1, 0.15) is 0 Å². The lowest BCUT2D eigenvalue weighted by molar-refractivity contribution is -0.118. The Balaban J connectivity index is 1.38. The Morgan fingerprint density at radius 3 is 2.81 bits per heavy atom. The summed E-state index contributed by atoms with van der Waals surface area (Å²) in [5, 5.41) is 7.89. The van der Waals surface area contributed by atoms with E-state index in [9.17, 15) is 4.79 Å². The Hall–Kier alpha value is -2.06. The molecule has 0 aliphatic carbocycles. The Morgan fingerprint density at radius 2 is 2.00 bits per heavy atom. The highest BCUT2D eigenvalue weighted by Gasteiger charge is 2.10. The zero-order valence-electron chi connectivity index (χ0n) is 14.8. The molecule has 0 bridgehead atoms. The number of amides is 1.